The first-order valence-corrected chi connectivity index (χ1v) is 16.1. The normalized spacial score (nSPS) is 10.9. The minimum Gasteiger partial charge on any atom is -0.508 e. The van der Waals surface area contributed by atoms with Crippen LogP contribution in [0.4, 0.5) is 0 Å². The molecule has 4 N–H and O–H groups in total. The molecule has 6 rings (SSSR count). The zero-order valence-electron chi connectivity index (χ0n) is 26.5. The van der Waals surface area contributed by atoms with Gasteiger partial charge in [-0.05, 0) is 145 Å². The Balaban J connectivity index is 1.07. The van der Waals surface area contributed by atoms with E-state index in [2.05, 4.69) is 0 Å². The van der Waals surface area contributed by atoms with E-state index < -0.39 is 0 Å². The Morgan fingerprint density at radius 2 is 0.667 bits per heavy atom. The molecule has 6 nitrogen and oxygen atoms in total. The van der Waals surface area contributed by atoms with E-state index in [0.717, 1.165) is 59.1 Å². The van der Waals surface area contributed by atoms with Gasteiger partial charge in [-0.3, -0.25) is 0 Å². The fourth-order valence-electron chi connectivity index (χ4n) is 5.66. The van der Waals surface area contributed by atoms with Crippen LogP contribution in [0, 0.1) is 0 Å². The first-order valence-electron chi connectivity index (χ1n) is 16.1. The summed E-state index contributed by atoms with van der Waals surface area (Å²) in [5, 5.41) is 40.6. The third kappa shape index (κ3) is 8.89. The van der Waals surface area contributed by atoms with Gasteiger partial charge in [-0.15, -0.1) is 0 Å². The predicted molar refractivity (Wildman–Crippen MR) is 188 cm³/mol. The molecule has 0 atom stereocenters. The van der Waals surface area contributed by atoms with E-state index in [-0.39, 0.29) is 23.0 Å². The average Bonchev–Trinajstić information content (AvgIpc) is 3.08. The van der Waals surface area contributed by atoms with Crippen molar-refractivity contribution in [3.63, 3.8) is 0 Å². The molecule has 0 saturated carbocycles. The Kier molecular flexibility index (Phi) is 10.1. The fourth-order valence-corrected chi connectivity index (χ4v) is 5.66. The summed E-state index contributed by atoms with van der Waals surface area (Å²) in [6, 6.07) is 41.0. The fraction of sp³-hybridized carbons (Fsp3) is 0.143. The zero-order chi connectivity index (χ0) is 33.3. The molecule has 0 aromatic heterocycles. The summed E-state index contributed by atoms with van der Waals surface area (Å²) < 4.78 is 12.2. The molecule has 0 bridgehead atoms. The van der Waals surface area contributed by atoms with E-state index in [1.54, 1.807) is 36.4 Å². The number of aromatic hydroxyl groups is 4. The van der Waals surface area contributed by atoms with Crippen LogP contribution in [0.5, 0.6) is 46.0 Å². The van der Waals surface area contributed by atoms with Crippen LogP contribution in [0.2, 0.25) is 0 Å². The van der Waals surface area contributed by atoms with Crippen LogP contribution >= 0.6 is 0 Å². The first kappa shape index (κ1) is 32.1. The second-order valence-corrected chi connectivity index (χ2v) is 11.9. The second kappa shape index (κ2) is 15.1. The summed E-state index contributed by atoms with van der Waals surface area (Å²) in [6.45, 7) is 0. The number of phenols is 4. The van der Waals surface area contributed by atoms with E-state index in [9.17, 15) is 20.4 Å². The van der Waals surface area contributed by atoms with Gasteiger partial charge >= 0.3 is 0 Å². The topological polar surface area (TPSA) is 99.4 Å². The second-order valence-electron chi connectivity index (χ2n) is 11.9. The van der Waals surface area contributed by atoms with Crippen molar-refractivity contribution in [3.8, 4) is 46.0 Å². The van der Waals surface area contributed by atoms with Gasteiger partial charge < -0.3 is 29.9 Å². The third-order valence-electron chi connectivity index (χ3n) is 8.23. The number of aryl methyl sites for hydroxylation is 6. The van der Waals surface area contributed by atoms with Gasteiger partial charge in [0.1, 0.15) is 23.0 Å². The summed E-state index contributed by atoms with van der Waals surface area (Å²) in [4.78, 5) is 0. The molecule has 0 saturated heterocycles. The molecule has 6 heteroatoms. The highest BCUT2D eigenvalue weighted by Gasteiger charge is 2.10. The van der Waals surface area contributed by atoms with Crippen LogP contribution < -0.4 is 9.47 Å². The number of hydrogen-bond donors (Lipinski definition) is 4. The minimum atomic E-state index is 0.0633. The molecule has 0 aliphatic carbocycles. The first-order chi connectivity index (χ1) is 23.4. The molecule has 0 aliphatic rings. The third-order valence-corrected chi connectivity index (χ3v) is 8.23. The molecule has 6 aromatic rings. The highest BCUT2D eigenvalue weighted by atomic mass is 16.5. The molecular weight excluding hydrogens is 600 g/mol. The predicted octanol–water partition coefficient (Wildman–Crippen LogP) is 9.45. The molecule has 0 heterocycles. The van der Waals surface area contributed by atoms with Crippen molar-refractivity contribution in [1.82, 2.24) is 0 Å². The molecule has 6 aromatic carbocycles. The standard InChI is InChI=1S/C42H38O6/c43-35-9-1-5-29(23-35)13-15-31-7-3-11-37(25-31)47-41-27-33(19-21-39(41)45)17-18-34-20-22-40(46)42(28-34)48-38-12-4-8-32(26-38)16-14-30-6-2-10-36(44)24-30/h1-12,19-28,43-46H,13-18H2. The van der Waals surface area contributed by atoms with Crippen molar-refractivity contribution in [2.24, 2.45) is 0 Å². The molecule has 0 aliphatic heterocycles. The van der Waals surface area contributed by atoms with Crippen molar-refractivity contribution in [3.05, 3.63) is 167 Å². The van der Waals surface area contributed by atoms with Crippen molar-refractivity contribution >= 4 is 0 Å². The van der Waals surface area contributed by atoms with Gasteiger partial charge in [0.15, 0.2) is 23.0 Å². The summed E-state index contributed by atoms with van der Waals surface area (Å²) >= 11 is 0. The largest absolute Gasteiger partial charge is 0.508 e. The Labute approximate surface area is 280 Å². The molecule has 0 unspecified atom stereocenters. The monoisotopic (exact) mass is 638 g/mol. The Bertz CT molecular complexity index is 1850. The van der Waals surface area contributed by atoms with Gasteiger partial charge in [0.05, 0.1) is 0 Å². The Hall–Kier alpha value is -5.88. The lowest BCUT2D eigenvalue weighted by molar-refractivity contribution is 0.410. The van der Waals surface area contributed by atoms with Gasteiger partial charge in [0.25, 0.3) is 0 Å². The Morgan fingerprint density at radius 3 is 1.04 bits per heavy atom. The lowest BCUT2D eigenvalue weighted by atomic mass is 10.0. The highest BCUT2D eigenvalue weighted by molar-refractivity contribution is 5.47. The van der Waals surface area contributed by atoms with E-state index in [0.29, 0.717) is 35.8 Å². The van der Waals surface area contributed by atoms with Crippen molar-refractivity contribution in [1.29, 1.82) is 0 Å². The van der Waals surface area contributed by atoms with E-state index in [4.69, 9.17) is 9.47 Å². The number of phenolic OH excluding ortho intramolecular Hbond substituents is 4. The van der Waals surface area contributed by atoms with Crippen LogP contribution in [0.25, 0.3) is 0 Å². The smallest absolute Gasteiger partial charge is 0.169 e. The SMILES string of the molecule is Oc1cccc(CCc2cccc(Oc3cc(CCc4ccc(O)c(Oc5cccc(CCc6cccc(O)c6)c5)c4)ccc3O)c2)c1. The quantitative estimate of drug-likeness (QED) is 0.101. The van der Waals surface area contributed by atoms with Gasteiger partial charge in [-0.25, -0.2) is 0 Å². The number of benzene rings is 6. The molecule has 242 valence electrons. The van der Waals surface area contributed by atoms with Crippen LogP contribution in [0.1, 0.15) is 33.4 Å². The van der Waals surface area contributed by atoms with Crippen molar-refractivity contribution in [2.45, 2.75) is 38.5 Å². The summed E-state index contributed by atoms with van der Waals surface area (Å²) in [5.41, 5.74) is 6.31. The van der Waals surface area contributed by atoms with Gasteiger partial charge in [0, 0.05) is 0 Å². The maximum atomic E-state index is 10.6. The number of hydrogen-bond acceptors (Lipinski definition) is 6. The number of rotatable bonds is 13. The van der Waals surface area contributed by atoms with Crippen LogP contribution in [-0.2, 0) is 38.5 Å². The van der Waals surface area contributed by atoms with Gasteiger partial charge in [0.2, 0.25) is 0 Å². The van der Waals surface area contributed by atoms with Crippen molar-refractivity contribution in [2.75, 3.05) is 0 Å². The number of ether oxygens (including phenoxy) is 2. The lowest BCUT2D eigenvalue weighted by Gasteiger charge is -2.12. The summed E-state index contributed by atoms with van der Waals surface area (Å²) in [6.07, 6.45) is 4.53. The molecule has 0 amide bonds. The molecule has 0 spiro atoms. The van der Waals surface area contributed by atoms with E-state index in [1.807, 2.05) is 97.1 Å². The Morgan fingerprint density at radius 1 is 0.333 bits per heavy atom. The molecule has 48 heavy (non-hydrogen) atoms. The van der Waals surface area contributed by atoms with Crippen LogP contribution in [-0.4, -0.2) is 20.4 Å². The van der Waals surface area contributed by atoms with Gasteiger partial charge in [-0.1, -0.05) is 60.7 Å². The minimum absolute atomic E-state index is 0.0633. The molecular formula is C42H38O6. The van der Waals surface area contributed by atoms with Crippen LogP contribution in [0.3, 0.4) is 0 Å². The molecule has 0 fully saturated rings. The molecule has 0 radical (unpaired) electrons. The maximum absolute atomic E-state index is 10.6. The van der Waals surface area contributed by atoms with E-state index >= 15 is 0 Å². The van der Waals surface area contributed by atoms with Gasteiger partial charge in [-0.2, -0.15) is 0 Å². The van der Waals surface area contributed by atoms with Crippen LogP contribution in [0.15, 0.2) is 133 Å². The summed E-state index contributed by atoms with van der Waals surface area (Å²) in [7, 11) is 0. The highest BCUT2D eigenvalue weighted by Crippen LogP contribution is 2.34. The summed E-state index contributed by atoms with van der Waals surface area (Å²) in [5.74, 6) is 2.70. The van der Waals surface area contributed by atoms with E-state index in [1.165, 1.54) is 0 Å². The zero-order valence-corrected chi connectivity index (χ0v) is 26.5. The maximum Gasteiger partial charge on any atom is 0.169 e. The lowest BCUT2D eigenvalue weighted by Crippen LogP contribution is -1.95. The average molecular weight is 639 g/mol. The van der Waals surface area contributed by atoms with Crippen molar-refractivity contribution < 1.29 is 29.9 Å².